The maximum atomic E-state index is 13.0. The van der Waals surface area contributed by atoms with Crippen LogP contribution in [-0.4, -0.2) is 13.6 Å². The van der Waals surface area contributed by atoms with E-state index in [1.54, 1.807) is 6.08 Å². The van der Waals surface area contributed by atoms with Crippen LogP contribution in [0.4, 0.5) is 15.8 Å². The van der Waals surface area contributed by atoms with Gasteiger partial charge in [-0.1, -0.05) is 12.2 Å². The molecule has 0 atom stereocenters. The molecule has 5 N–H and O–H groups in total. The first kappa shape index (κ1) is 11.5. The first-order valence-corrected chi connectivity index (χ1v) is 4.80. The van der Waals surface area contributed by atoms with E-state index in [1.165, 1.54) is 12.1 Å². The van der Waals surface area contributed by atoms with E-state index < -0.39 is 0 Å². The molecule has 0 aromatic heterocycles. The molecule has 0 saturated heterocycles. The van der Waals surface area contributed by atoms with Crippen LogP contribution in [0, 0.1) is 5.82 Å². The molecule has 0 fully saturated rings. The number of hydrogen-bond donors (Lipinski definition) is 3. The highest BCUT2D eigenvalue weighted by molar-refractivity contribution is 5.75. The quantitative estimate of drug-likeness (QED) is 0.521. The van der Waals surface area contributed by atoms with E-state index in [9.17, 15) is 4.39 Å². The summed E-state index contributed by atoms with van der Waals surface area (Å²) in [6, 6.07) is 2.60. The van der Waals surface area contributed by atoms with Crippen molar-refractivity contribution in [2.24, 2.45) is 0 Å². The fourth-order valence-electron chi connectivity index (χ4n) is 1.24. The lowest BCUT2D eigenvalue weighted by Gasteiger charge is -2.04. The normalized spacial score (nSPS) is 11.1. The Morgan fingerprint density at radius 3 is 2.80 bits per heavy atom. The molecule has 0 aliphatic heterocycles. The Kier molecular flexibility index (Phi) is 4.12. The molecule has 0 saturated carbocycles. The van der Waals surface area contributed by atoms with Gasteiger partial charge in [0.05, 0.1) is 11.4 Å². The first-order valence-electron chi connectivity index (χ1n) is 4.80. The summed E-state index contributed by atoms with van der Waals surface area (Å²) in [5.41, 5.74) is 12.6. The zero-order valence-corrected chi connectivity index (χ0v) is 8.76. The molecule has 1 rings (SSSR count). The van der Waals surface area contributed by atoms with Crippen LogP contribution in [0.5, 0.6) is 0 Å². The molecule has 4 heteroatoms. The van der Waals surface area contributed by atoms with Crippen molar-refractivity contribution in [1.29, 1.82) is 0 Å². The van der Waals surface area contributed by atoms with Crippen molar-refractivity contribution in [3.63, 3.8) is 0 Å². The van der Waals surface area contributed by atoms with Gasteiger partial charge in [-0.05, 0) is 32.1 Å². The molecule has 0 unspecified atom stereocenters. The van der Waals surface area contributed by atoms with E-state index in [1.807, 2.05) is 13.1 Å². The Morgan fingerprint density at radius 1 is 1.40 bits per heavy atom. The van der Waals surface area contributed by atoms with Gasteiger partial charge in [-0.25, -0.2) is 4.39 Å². The molecule has 15 heavy (non-hydrogen) atoms. The summed E-state index contributed by atoms with van der Waals surface area (Å²) in [6.07, 6.45) is 4.58. The van der Waals surface area contributed by atoms with Crippen molar-refractivity contribution in [3.05, 3.63) is 29.6 Å². The zero-order chi connectivity index (χ0) is 11.3. The third kappa shape index (κ3) is 3.25. The minimum Gasteiger partial charge on any atom is -0.397 e. The predicted molar refractivity (Wildman–Crippen MR) is 62.8 cm³/mol. The van der Waals surface area contributed by atoms with Crippen LogP contribution >= 0.6 is 0 Å². The third-order valence-electron chi connectivity index (χ3n) is 2.07. The minimum absolute atomic E-state index is 0.281. The summed E-state index contributed by atoms with van der Waals surface area (Å²) in [5.74, 6) is -0.366. The fourth-order valence-corrected chi connectivity index (χ4v) is 1.24. The van der Waals surface area contributed by atoms with Crippen LogP contribution in [0.25, 0.3) is 6.08 Å². The van der Waals surface area contributed by atoms with Crippen LogP contribution in [0.1, 0.15) is 12.0 Å². The molecular formula is C11H16FN3. The smallest absolute Gasteiger partial charge is 0.126 e. The highest BCUT2D eigenvalue weighted by Gasteiger charge is 2.02. The minimum atomic E-state index is -0.366. The van der Waals surface area contributed by atoms with Crippen molar-refractivity contribution < 1.29 is 4.39 Å². The van der Waals surface area contributed by atoms with E-state index >= 15 is 0 Å². The number of nitrogens with two attached hydrogens (primary N) is 2. The lowest BCUT2D eigenvalue weighted by Crippen LogP contribution is -2.05. The van der Waals surface area contributed by atoms with Crippen LogP contribution in [0.3, 0.4) is 0 Å². The standard InChI is InChI=1S/C11H16FN3/c1-15-5-3-2-4-8-6-9(12)7-10(13)11(8)14/h2,4,6-7,15H,3,5,13-14H2,1H3. The molecule has 0 bridgehead atoms. The van der Waals surface area contributed by atoms with Gasteiger partial charge in [-0.3, -0.25) is 0 Å². The first-order chi connectivity index (χ1) is 7.15. The summed E-state index contributed by atoms with van der Waals surface area (Å²) in [6.45, 7) is 0.876. The Bertz CT molecular complexity index is 361. The van der Waals surface area contributed by atoms with Gasteiger partial charge in [0.1, 0.15) is 5.82 Å². The molecule has 82 valence electrons. The molecule has 1 aromatic carbocycles. The number of rotatable bonds is 4. The number of halogens is 1. The lowest BCUT2D eigenvalue weighted by atomic mass is 10.1. The van der Waals surface area contributed by atoms with E-state index in [0.717, 1.165) is 13.0 Å². The summed E-state index contributed by atoms with van der Waals surface area (Å²) in [4.78, 5) is 0. The van der Waals surface area contributed by atoms with Crippen LogP contribution < -0.4 is 16.8 Å². The predicted octanol–water partition coefficient (Wildman–Crippen LogP) is 1.61. The number of anilines is 2. The molecule has 0 spiro atoms. The van der Waals surface area contributed by atoms with Crippen LogP contribution in [-0.2, 0) is 0 Å². The molecule has 0 aliphatic rings. The fraction of sp³-hybridized carbons (Fsp3) is 0.273. The van der Waals surface area contributed by atoms with Crippen molar-refractivity contribution in [2.75, 3.05) is 25.1 Å². The van der Waals surface area contributed by atoms with Crippen LogP contribution in [0.15, 0.2) is 18.2 Å². The number of nitrogen functional groups attached to an aromatic ring is 2. The second-order valence-electron chi connectivity index (χ2n) is 3.29. The van der Waals surface area contributed by atoms with E-state index in [2.05, 4.69) is 5.32 Å². The maximum Gasteiger partial charge on any atom is 0.126 e. The van der Waals surface area contributed by atoms with E-state index in [4.69, 9.17) is 11.5 Å². The third-order valence-corrected chi connectivity index (χ3v) is 2.07. The molecule has 0 amide bonds. The molecule has 3 nitrogen and oxygen atoms in total. The van der Waals surface area contributed by atoms with Gasteiger partial charge in [0, 0.05) is 5.56 Å². The van der Waals surface area contributed by atoms with Crippen molar-refractivity contribution in [2.45, 2.75) is 6.42 Å². The highest BCUT2D eigenvalue weighted by atomic mass is 19.1. The molecule has 1 aromatic rings. The SMILES string of the molecule is CNCCC=Cc1cc(F)cc(N)c1N. The van der Waals surface area contributed by atoms with E-state index in [-0.39, 0.29) is 11.5 Å². The summed E-state index contributed by atoms with van der Waals surface area (Å²) in [7, 11) is 1.88. The van der Waals surface area contributed by atoms with Gasteiger partial charge in [0.15, 0.2) is 0 Å². The van der Waals surface area contributed by atoms with Crippen LogP contribution in [0.2, 0.25) is 0 Å². The van der Waals surface area contributed by atoms with Crippen molar-refractivity contribution in [1.82, 2.24) is 5.32 Å². The summed E-state index contributed by atoms with van der Waals surface area (Å²) < 4.78 is 13.0. The number of benzene rings is 1. The van der Waals surface area contributed by atoms with Gasteiger partial charge >= 0.3 is 0 Å². The lowest BCUT2D eigenvalue weighted by molar-refractivity contribution is 0.628. The second kappa shape index (κ2) is 5.36. The maximum absolute atomic E-state index is 13.0. The number of nitrogens with one attached hydrogen (secondary N) is 1. The summed E-state index contributed by atoms with van der Waals surface area (Å²) >= 11 is 0. The van der Waals surface area contributed by atoms with E-state index in [0.29, 0.717) is 11.3 Å². The van der Waals surface area contributed by atoms with Gasteiger partial charge < -0.3 is 16.8 Å². The van der Waals surface area contributed by atoms with Gasteiger partial charge in [0.25, 0.3) is 0 Å². The molecular weight excluding hydrogens is 193 g/mol. The zero-order valence-electron chi connectivity index (χ0n) is 8.76. The Morgan fingerprint density at radius 2 is 2.13 bits per heavy atom. The van der Waals surface area contributed by atoms with Gasteiger partial charge in [-0.2, -0.15) is 0 Å². The summed E-state index contributed by atoms with van der Waals surface area (Å²) in [5, 5.41) is 3.01. The van der Waals surface area contributed by atoms with Crippen molar-refractivity contribution >= 4 is 17.5 Å². The largest absolute Gasteiger partial charge is 0.397 e. The topological polar surface area (TPSA) is 64.1 Å². The monoisotopic (exact) mass is 209 g/mol. The Labute approximate surface area is 89.0 Å². The van der Waals surface area contributed by atoms with Crippen molar-refractivity contribution in [3.8, 4) is 0 Å². The average molecular weight is 209 g/mol. The second-order valence-corrected chi connectivity index (χ2v) is 3.29. The highest BCUT2D eigenvalue weighted by Crippen LogP contribution is 2.22. The molecule has 0 radical (unpaired) electrons. The van der Waals surface area contributed by atoms with Gasteiger partial charge in [0.2, 0.25) is 0 Å². The van der Waals surface area contributed by atoms with Gasteiger partial charge in [-0.15, -0.1) is 0 Å². The Balaban J connectivity index is 2.80. The average Bonchev–Trinajstić information content (AvgIpc) is 2.19. The molecule has 0 aliphatic carbocycles. The number of hydrogen-bond acceptors (Lipinski definition) is 3. The molecule has 0 heterocycles. The Hall–Kier alpha value is -1.55.